The molecule has 6 heteroatoms. The normalized spacial score (nSPS) is 10.5. The number of benzene rings is 1. The van der Waals surface area contributed by atoms with Gasteiger partial charge in [0.2, 0.25) is 5.91 Å². The van der Waals surface area contributed by atoms with Gasteiger partial charge < -0.3 is 10.4 Å². The van der Waals surface area contributed by atoms with Gasteiger partial charge in [-0.25, -0.2) is 0 Å². The lowest BCUT2D eigenvalue weighted by Gasteiger charge is -2.19. The fourth-order valence-corrected chi connectivity index (χ4v) is 1.88. The van der Waals surface area contributed by atoms with Crippen LogP contribution in [-0.2, 0) is 4.79 Å². The summed E-state index contributed by atoms with van der Waals surface area (Å²) in [5.41, 5.74) is 0.474. The summed E-state index contributed by atoms with van der Waals surface area (Å²) < 4.78 is 0. The molecule has 0 spiro atoms. The van der Waals surface area contributed by atoms with Crippen LogP contribution in [0.5, 0.6) is 0 Å². The molecule has 104 valence electrons. The van der Waals surface area contributed by atoms with Gasteiger partial charge in [-0.05, 0) is 18.2 Å². The van der Waals surface area contributed by atoms with Gasteiger partial charge in [0.25, 0.3) is 0 Å². The van der Waals surface area contributed by atoms with E-state index in [1.165, 1.54) is 0 Å². The molecule has 1 aromatic rings. The van der Waals surface area contributed by atoms with Gasteiger partial charge in [0.15, 0.2) is 0 Å². The molecule has 0 aliphatic carbocycles. The van der Waals surface area contributed by atoms with Gasteiger partial charge in [-0.3, -0.25) is 9.69 Å². The van der Waals surface area contributed by atoms with Crippen molar-refractivity contribution in [2.75, 3.05) is 31.6 Å². The molecule has 0 radical (unpaired) electrons. The van der Waals surface area contributed by atoms with Crippen LogP contribution in [0, 0.1) is 0 Å². The van der Waals surface area contributed by atoms with E-state index in [0.29, 0.717) is 28.8 Å². The molecule has 0 fully saturated rings. The maximum absolute atomic E-state index is 11.9. The smallest absolute Gasteiger partial charge is 0.238 e. The van der Waals surface area contributed by atoms with E-state index in [9.17, 15) is 4.79 Å². The molecule has 2 N–H and O–H groups in total. The number of aliphatic hydroxyl groups excluding tert-OH is 1. The zero-order chi connectivity index (χ0) is 14.3. The number of rotatable bonds is 7. The molecule has 1 rings (SSSR count). The monoisotopic (exact) mass is 302 g/mol. The van der Waals surface area contributed by atoms with Crippen molar-refractivity contribution in [3.63, 3.8) is 0 Å². The number of carbonyl (C=O) groups is 1. The average Bonchev–Trinajstić information content (AvgIpc) is 2.34. The van der Waals surface area contributed by atoms with Gasteiger partial charge >= 0.3 is 0 Å². The predicted octanol–water partition coefficient (Wildman–Crippen LogP) is 2.41. The van der Waals surface area contributed by atoms with Gasteiger partial charge in [0.05, 0.1) is 23.9 Å². The average molecular weight is 303 g/mol. The van der Waals surface area contributed by atoms with E-state index in [2.05, 4.69) is 11.9 Å². The SMILES string of the molecule is C=CCN(CCO)CC(=O)Nc1cc(Cl)ccc1Cl. The second kappa shape index (κ2) is 8.17. The molecule has 0 unspecified atom stereocenters. The summed E-state index contributed by atoms with van der Waals surface area (Å²) in [6.07, 6.45) is 1.68. The summed E-state index contributed by atoms with van der Waals surface area (Å²) in [7, 11) is 0. The molecule has 0 saturated carbocycles. The number of halogens is 2. The molecule has 4 nitrogen and oxygen atoms in total. The van der Waals surface area contributed by atoms with Gasteiger partial charge in [-0.2, -0.15) is 0 Å². The number of nitrogens with zero attached hydrogens (tertiary/aromatic N) is 1. The van der Waals surface area contributed by atoms with Crippen molar-refractivity contribution in [1.82, 2.24) is 4.90 Å². The molecule has 1 amide bonds. The number of hydrogen-bond donors (Lipinski definition) is 2. The van der Waals surface area contributed by atoms with Crippen molar-refractivity contribution in [1.29, 1.82) is 0 Å². The highest BCUT2D eigenvalue weighted by molar-refractivity contribution is 6.35. The first-order valence-electron chi connectivity index (χ1n) is 5.76. The van der Waals surface area contributed by atoms with Crippen molar-refractivity contribution in [2.24, 2.45) is 0 Å². The Morgan fingerprint density at radius 3 is 2.84 bits per heavy atom. The fourth-order valence-electron chi connectivity index (χ4n) is 1.55. The van der Waals surface area contributed by atoms with E-state index in [1.807, 2.05) is 0 Å². The van der Waals surface area contributed by atoms with Gasteiger partial charge in [-0.1, -0.05) is 29.3 Å². The highest BCUT2D eigenvalue weighted by Gasteiger charge is 2.11. The third-order valence-electron chi connectivity index (χ3n) is 2.37. The van der Waals surface area contributed by atoms with Crippen LogP contribution in [-0.4, -0.2) is 42.2 Å². The van der Waals surface area contributed by atoms with E-state index in [0.717, 1.165) is 0 Å². The zero-order valence-electron chi connectivity index (χ0n) is 10.4. The Bertz CT molecular complexity index is 452. The molecule has 0 atom stereocenters. The quantitative estimate of drug-likeness (QED) is 0.761. The Hall–Kier alpha value is -1.07. The summed E-state index contributed by atoms with van der Waals surface area (Å²) in [5, 5.41) is 12.5. The summed E-state index contributed by atoms with van der Waals surface area (Å²) in [5.74, 6) is -0.223. The van der Waals surface area contributed by atoms with Crippen LogP contribution in [0.1, 0.15) is 0 Å². The standard InChI is InChI=1S/C13H16Cl2N2O2/c1-2-5-17(6-7-18)9-13(19)16-12-8-10(14)3-4-11(12)15/h2-4,8,18H,1,5-7,9H2,(H,16,19). The Morgan fingerprint density at radius 1 is 1.47 bits per heavy atom. The Labute approximate surface area is 122 Å². The van der Waals surface area contributed by atoms with Crippen LogP contribution in [0.25, 0.3) is 0 Å². The molecular weight excluding hydrogens is 287 g/mol. The van der Waals surface area contributed by atoms with Gasteiger partial charge in [0.1, 0.15) is 0 Å². The highest BCUT2D eigenvalue weighted by Crippen LogP contribution is 2.25. The Morgan fingerprint density at radius 2 is 2.21 bits per heavy atom. The minimum absolute atomic E-state index is 0.0148. The molecule has 0 aliphatic rings. The lowest BCUT2D eigenvalue weighted by molar-refractivity contribution is -0.117. The van der Waals surface area contributed by atoms with Crippen molar-refractivity contribution >= 4 is 34.8 Å². The van der Waals surface area contributed by atoms with E-state index in [4.69, 9.17) is 28.3 Å². The van der Waals surface area contributed by atoms with Crippen molar-refractivity contribution in [3.05, 3.63) is 40.9 Å². The lowest BCUT2D eigenvalue weighted by Crippen LogP contribution is -2.35. The van der Waals surface area contributed by atoms with Crippen LogP contribution in [0.15, 0.2) is 30.9 Å². The van der Waals surface area contributed by atoms with Crippen LogP contribution in [0.4, 0.5) is 5.69 Å². The first-order chi connectivity index (χ1) is 9.06. The number of hydrogen-bond acceptors (Lipinski definition) is 3. The van der Waals surface area contributed by atoms with Crippen LogP contribution < -0.4 is 5.32 Å². The largest absolute Gasteiger partial charge is 0.395 e. The highest BCUT2D eigenvalue weighted by atomic mass is 35.5. The molecule has 1 aromatic carbocycles. The third kappa shape index (κ3) is 5.61. The number of amides is 1. The predicted molar refractivity (Wildman–Crippen MR) is 78.8 cm³/mol. The van der Waals surface area contributed by atoms with Gasteiger partial charge in [-0.15, -0.1) is 6.58 Å². The topological polar surface area (TPSA) is 52.6 Å². The maximum Gasteiger partial charge on any atom is 0.238 e. The molecule has 0 saturated heterocycles. The molecule has 0 heterocycles. The van der Waals surface area contributed by atoms with E-state index in [1.54, 1.807) is 29.2 Å². The molecular formula is C13H16Cl2N2O2. The number of carbonyl (C=O) groups excluding carboxylic acids is 1. The molecule has 0 aromatic heterocycles. The van der Waals surface area contributed by atoms with Gasteiger partial charge in [0, 0.05) is 18.1 Å². The van der Waals surface area contributed by atoms with Crippen molar-refractivity contribution in [2.45, 2.75) is 0 Å². The maximum atomic E-state index is 11.9. The number of aliphatic hydroxyl groups is 1. The number of anilines is 1. The van der Waals surface area contributed by atoms with Crippen LogP contribution >= 0.6 is 23.2 Å². The summed E-state index contributed by atoms with van der Waals surface area (Å²) in [6, 6.07) is 4.86. The minimum atomic E-state index is -0.223. The Kier molecular flexibility index (Phi) is 6.87. The number of nitrogens with one attached hydrogen (secondary N) is 1. The Balaban J connectivity index is 2.63. The lowest BCUT2D eigenvalue weighted by atomic mass is 10.3. The molecule has 0 bridgehead atoms. The third-order valence-corrected chi connectivity index (χ3v) is 2.94. The van der Waals surface area contributed by atoms with E-state index in [-0.39, 0.29) is 19.1 Å². The first kappa shape index (κ1) is 16.0. The molecule has 19 heavy (non-hydrogen) atoms. The zero-order valence-corrected chi connectivity index (χ0v) is 11.9. The summed E-state index contributed by atoms with van der Waals surface area (Å²) in [4.78, 5) is 13.6. The minimum Gasteiger partial charge on any atom is -0.395 e. The first-order valence-corrected chi connectivity index (χ1v) is 6.51. The summed E-state index contributed by atoms with van der Waals surface area (Å²) in [6.45, 7) is 4.67. The molecule has 0 aliphatic heterocycles. The van der Waals surface area contributed by atoms with Crippen LogP contribution in [0.2, 0.25) is 10.0 Å². The summed E-state index contributed by atoms with van der Waals surface area (Å²) >= 11 is 11.8. The van der Waals surface area contributed by atoms with E-state index >= 15 is 0 Å². The van der Waals surface area contributed by atoms with Crippen molar-refractivity contribution < 1.29 is 9.90 Å². The second-order valence-electron chi connectivity index (χ2n) is 3.92. The van der Waals surface area contributed by atoms with Crippen LogP contribution in [0.3, 0.4) is 0 Å². The van der Waals surface area contributed by atoms with Crippen molar-refractivity contribution in [3.8, 4) is 0 Å². The second-order valence-corrected chi connectivity index (χ2v) is 4.76. The fraction of sp³-hybridized carbons (Fsp3) is 0.308. The van der Waals surface area contributed by atoms with E-state index < -0.39 is 0 Å².